The van der Waals surface area contributed by atoms with Crippen LogP contribution in [0, 0.1) is 12.7 Å². The van der Waals surface area contributed by atoms with Crippen LogP contribution < -0.4 is 15.4 Å². The van der Waals surface area contributed by atoms with Crippen LogP contribution in [-0.2, 0) is 4.79 Å². The fraction of sp³-hybridized carbons (Fsp3) is 0.333. The maximum Gasteiger partial charge on any atom is 0.267 e. The zero-order chi connectivity index (χ0) is 26.1. The molecule has 37 heavy (non-hydrogen) atoms. The van der Waals surface area contributed by atoms with Crippen molar-refractivity contribution in [3.05, 3.63) is 74.8 Å². The fourth-order valence-electron chi connectivity index (χ4n) is 4.68. The van der Waals surface area contributed by atoms with Gasteiger partial charge < -0.3 is 9.80 Å². The second-order valence-corrected chi connectivity index (χ2v) is 10.8. The Bertz CT molecular complexity index is 1460. The van der Waals surface area contributed by atoms with Gasteiger partial charge in [0.05, 0.1) is 16.2 Å². The number of unbranched alkanes of at least 4 members (excludes halogenated alkanes) is 1. The van der Waals surface area contributed by atoms with E-state index in [0.717, 1.165) is 18.4 Å². The Hall–Kier alpha value is -3.24. The molecule has 10 heteroatoms. The molecule has 0 aliphatic carbocycles. The van der Waals surface area contributed by atoms with E-state index in [-0.39, 0.29) is 17.3 Å². The first-order chi connectivity index (χ1) is 17.9. The minimum Gasteiger partial charge on any atom is -0.366 e. The van der Waals surface area contributed by atoms with Crippen LogP contribution in [0.2, 0.25) is 0 Å². The third-order valence-electron chi connectivity index (χ3n) is 6.72. The largest absolute Gasteiger partial charge is 0.366 e. The van der Waals surface area contributed by atoms with Crippen molar-refractivity contribution < 1.29 is 9.18 Å². The van der Waals surface area contributed by atoms with Crippen LogP contribution in [0.4, 0.5) is 15.9 Å². The molecule has 0 atom stereocenters. The molecule has 0 saturated carbocycles. The van der Waals surface area contributed by atoms with Gasteiger partial charge in [0.2, 0.25) is 0 Å². The molecule has 0 bridgehead atoms. The van der Waals surface area contributed by atoms with Crippen molar-refractivity contribution in [1.82, 2.24) is 14.3 Å². The van der Waals surface area contributed by atoms with E-state index in [1.807, 2.05) is 30.0 Å². The first kappa shape index (κ1) is 25.4. The maximum atomic E-state index is 14.4. The van der Waals surface area contributed by atoms with Crippen molar-refractivity contribution in [2.45, 2.75) is 26.7 Å². The fourth-order valence-corrected chi connectivity index (χ4v) is 5.97. The van der Waals surface area contributed by atoms with E-state index in [1.165, 1.54) is 22.2 Å². The summed E-state index contributed by atoms with van der Waals surface area (Å²) in [5.41, 5.74) is 2.15. The lowest BCUT2D eigenvalue weighted by molar-refractivity contribution is -0.122. The number of thioether (sulfide) groups is 1. The molecule has 2 aromatic heterocycles. The lowest BCUT2D eigenvalue weighted by Crippen LogP contribution is -2.47. The first-order valence-corrected chi connectivity index (χ1v) is 13.6. The van der Waals surface area contributed by atoms with Gasteiger partial charge in [-0.25, -0.2) is 9.37 Å². The number of amides is 1. The summed E-state index contributed by atoms with van der Waals surface area (Å²) >= 11 is 6.68. The Morgan fingerprint density at radius 3 is 2.54 bits per heavy atom. The number of thiocarbonyl (C=S) groups is 1. The van der Waals surface area contributed by atoms with Gasteiger partial charge in [0.1, 0.15) is 21.6 Å². The molecular formula is C27H28FN5O2S2. The van der Waals surface area contributed by atoms with Crippen molar-refractivity contribution >= 4 is 57.4 Å². The molecule has 5 rings (SSSR count). The molecule has 0 spiro atoms. The number of hydrogen-bond donors (Lipinski definition) is 0. The summed E-state index contributed by atoms with van der Waals surface area (Å²) in [5.74, 6) is 0.109. The minimum absolute atomic E-state index is 0.174. The predicted octanol–water partition coefficient (Wildman–Crippen LogP) is 4.47. The molecule has 7 nitrogen and oxygen atoms in total. The van der Waals surface area contributed by atoms with Gasteiger partial charge in [-0.1, -0.05) is 55.5 Å². The highest BCUT2D eigenvalue weighted by Gasteiger charge is 2.33. The number of aromatic nitrogens is 2. The Morgan fingerprint density at radius 1 is 1.08 bits per heavy atom. The molecule has 0 radical (unpaired) electrons. The Morgan fingerprint density at radius 2 is 1.81 bits per heavy atom. The van der Waals surface area contributed by atoms with Gasteiger partial charge >= 0.3 is 0 Å². The van der Waals surface area contributed by atoms with Crippen molar-refractivity contribution in [1.29, 1.82) is 0 Å². The summed E-state index contributed by atoms with van der Waals surface area (Å²) in [6, 6.07) is 10.5. The lowest BCUT2D eigenvalue weighted by Gasteiger charge is -2.37. The van der Waals surface area contributed by atoms with Crippen LogP contribution in [0.1, 0.15) is 30.9 Å². The van der Waals surface area contributed by atoms with E-state index in [2.05, 4.69) is 11.8 Å². The summed E-state index contributed by atoms with van der Waals surface area (Å²) in [6.07, 6.45) is 5.15. The monoisotopic (exact) mass is 537 g/mol. The molecule has 2 aliphatic heterocycles. The average molecular weight is 538 g/mol. The summed E-state index contributed by atoms with van der Waals surface area (Å²) < 4.78 is 16.4. The molecule has 2 fully saturated rings. The van der Waals surface area contributed by atoms with Crippen LogP contribution in [0.5, 0.6) is 0 Å². The normalized spacial score (nSPS) is 17.5. The number of fused-ring (bicyclic) bond motifs is 1. The molecule has 2 aliphatic rings. The number of anilines is 2. The topological polar surface area (TPSA) is 61.2 Å². The average Bonchev–Trinajstić information content (AvgIpc) is 3.17. The first-order valence-electron chi connectivity index (χ1n) is 12.4. The van der Waals surface area contributed by atoms with Gasteiger partial charge in [-0.3, -0.25) is 18.9 Å². The van der Waals surface area contributed by atoms with Gasteiger partial charge in [-0.05, 0) is 43.2 Å². The third-order valence-corrected chi connectivity index (χ3v) is 8.10. The van der Waals surface area contributed by atoms with Crippen molar-refractivity contribution in [2.24, 2.45) is 0 Å². The van der Waals surface area contributed by atoms with E-state index in [9.17, 15) is 14.0 Å². The van der Waals surface area contributed by atoms with E-state index in [0.29, 0.717) is 64.7 Å². The van der Waals surface area contributed by atoms with Gasteiger partial charge in [0.15, 0.2) is 0 Å². The minimum atomic E-state index is -0.251. The number of benzene rings is 1. The van der Waals surface area contributed by atoms with Crippen LogP contribution in [0.15, 0.2) is 52.3 Å². The molecule has 4 heterocycles. The highest BCUT2D eigenvalue weighted by Crippen LogP contribution is 2.34. The quantitative estimate of drug-likeness (QED) is 0.340. The second-order valence-electron chi connectivity index (χ2n) is 9.15. The Kier molecular flexibility index (Phi) is 7.30. The number of carbonyl (C=O) groups excluding carboxylic acids is 1. The summed E-state index contributed by atoms with van der Waals surface area (Å²) in [7, 11) is 0. The Balaban J connectivity index is 1.53. The number of hydrogen-bond acceptors (Lipinski definition) is 7. The van der Waals surface area contributed by atoms with Crippen molar-refractivity contribution in [2.75, 3.05) is 42.5 Å². The number of para-hydroxylation sites is 1. The number of aryl methyl sites for hydroxylation is 1. The highest BCUT2D eigenvalue weighted by molar-refractivity contribution is 8.26. The smallest absolute Gasteiger partial charge is 0.267 e. The number of halogens is 1. The summed E-state index contributed by atoms with van der Waals surface area (Å²) in [6.45, 7) is 6.82. The van der Waals surface area contributed by atoms with Crippen LogP contribution >= 0.6 is 24.0 Å². The van der Waals surface area contributed by atoms with E-state index in [4.69, 9.17) is 17.2 Å². The molecule has 1 amide bonds. The van der Waals surface area contributed by atoms with Crippen molar-refractivity contribution in [3.8, 4) is 0 Å². The zero-order valence-corrected chi connectivity index (χ0v) is 22.4. The standard InChI is InChI=1S/C27H28FN5O2S2/c1-3-4-11-33-26(35)22(37-27(33)36)17-19-24(29-23-18(2)8-7-12-32(23)25(19)34)31-15-13-30(14-16-31)21-10-6-5-9-20(21)28/h5-10,12,17H,3-4,11,13-16H2,1-2H3. The lowest BCUT2D eigenvalue weighted by atomic mass is 10.2. The van der Waals surface area contributed by atoms with Gasteiger partial charge in [-0.15, -0.1) is 0 Å². The molecule has 0 unspecified atom stereocenters. The van der Waals surface area contributed by atoms with Gasteiger partial charge in [0.25, 0.3) is 11.5 Å². The van der Waals surface area contributed by atoms with Crippen LogP contribution in [0.3, 0.4) is 0 Å². The van der Waals surface area contributed by atoms with E-state index < -0.39 is 0 Å². The highest BCUT2D eigenvalue weighted by atomic mass is 32.2. The molecular weight excluding hydrogens is 509 g/mol. The molecule has 1 aromatic carbocycles. The maximum absolute atomic E-state index is 14.4. The van der Waals surface area contributed by atoms with Gasteiger partial charge in [-0.2, -0.15) is 0 Å². The second kappa shape index (κ2) is 10.6. The number of nitrogens with zero attached hydrogens (tertiary/aromatic N) is 5. The van der Waals surface area contributed by atoms with Crippen molar-refractivity contribution in [3.63, 3.8) is 0 Å². The predicted molar refractivity (Wildman–Crippen MR) is 152 cm³/mol. The molecule has 0 N–H and O–H groups in total. The van der Waals surface area contributed by atoms with E-state index in [1.54, 1.807) is 29.3 Å². The summed E-state index contributed by atoms with van der Waals surface area (Å²) in [5, 5.41) is 0. The molecule has 3 aromatic rings. The van der Waals surface area contributed by atoms with E-state index >= 15 is 0 Å². The van der Waals surface area contributed by atoms with Gasteiger partial charge in [0, 0.05) is 38.9 Å². The molecule has 2 saturated heterocycles. The number of carbonyl (C=O) groups is 1. The Labute approximate surface area is 224 Å². The SMILES string of the molecule is CCCCN1C(=O)C(=Cc2c(N3CCN(c4ccccc4F)CC3)nc3c(C)cccn3c2=O)SC1=S. The van der Waals surface area contributed by atoms with Crippen LogP contribution in [0.25, 0.3) is 11.7 Å². The number of rotatable bonds is 6. The number of piperazine rings is 1. The zero-order valence-electron chi connectivity index (χ0n) is 20.8. The molecule has 192 valence electrons. The summed E-state index contributed by atoms with van der Waals surface area (Å²) in [4.78, 5) is 37.9. The van der Waals surface area contributed by atoms with Crippen LogP contribution in [-0.4, -0.2) is 57.2 Å². The number of pyridine rings is 1. The third kappa shape index (κ3) is 4.87.